The quantitative estimate of drug-likeness (QED) is 0.718. The van der Waals surface area contributed by atoms with E-state index in [0.717, 1.165) is 24.2 Å². The van der Waals surface area contributed by atoms with Gasteiger partial charge in [0, 0.05) is 13.1 Å². The minimum atomic E-state index is -1.15. The van der Waals surface area contributed by atoms with Crippen molar-refractivity contribution < 1.29 is 5.11 Å². The van der Waals surface area contributed by atoms with Gasteiger partial charge in [-0.3, -0.25) is 0 Å². The van der Waals surface area contributed by atoms with Crippen LogP contribution in [0, 0.1) is 0 Å². The lowest BCUT2D eigenvalue weighted by atomic mass is 9.78. The summed E-state index contributed by atoms with van der Waals surface area (Å²) in [5.74, 6) is 0. The Bertz CT molecular complexity index is 472. The first-order chi connectivity index (χ1) is 8.28. The molecule has 0 aromatic carbocycles. The molecule has 0 saturated heterocycles. The summed E-state index contributed by atoms with van der Waals surface area (Å²) in [5.41, 5.74) is 6.96. The summed E-state index contributed by atoms with van der Waals surface area (Å²) in [6.45, 7) is 6.99. The van der Waals surface area contributed by atoms with E-state index >= 15 is 0 Å². The highest BCUT2D eigenvalue weighted by atomic mass is 35.5. The molecule has 2 heterocycles. The molecule has 4 N–H and O–H groups in total. The third kappa shape index (κ3) is 2.20. The Morgan fingerprint density at radius 2 is 2.28 bits per heavy atom. The standard InChI is InChI=1S/C13H20ClN3O/c1-12(2)4-5-16-10-8(12)6-9(17-11(10)14)13(3,18)7-15/h6,16,18H,4-5,7,15H2,1-3H3. The molecule has 0 amide bonds. The van der Waals surface area contributed by atoms with Crippen molar-refractivity contribution in [1.29, 1.82) is 0 Å². The summed E-state index contributed by atoms with van der Waals surface area (Å²) < 4.78 is 0. The average molecular weight is 270 g/mol. The van der Waals surface area contributed by atoms with Crippen LogP contribution in [0.15, 0.2) is 6.07 Å². The molecule has 4 nitrogen and oxygen atoms in total. The third-order valence-electron chi connectivity index (χ3n) is 3.71. The van der Waals surface area contributed by atoms with Crippen LogP contribution < -0.4 is 11.1 Å². The van der Waals surface area contributed by atoms with Gasteiger partial charge in [-0.2, -0.15) is 0 Å². The zero-order valence-electron chi connectivity index (χ0n) is 11.0. The Balaban J connectivity index is 2.60. The first-order valence-corrected chi connectivity index (χ1v) is 6.53. The normalized spacial score (nSPS) is 20.8. The molecule has 1 aliphatic rings. The van der Waals surface area contributed by atoms with E-state index in [-0.39, 0.29) is 12.0 Å². The number of aromatic nitrogens is 1. The maximum atomic E-state index is 10.2. The minimum absolute atomic E-state index is 0.0204. The Labute approximate surface area is 113 Å². The van der Waals surface area contributed by atoms with E-state index in [1.54, 1.807) is 6.92 Å². The van der Waals surface area contributed by atoms with E-state index in [9.17, 15) is 5.11 Å². The molecular formula is C13H20ClN3O. The number of hydrogen-bond acceptors (Lipinski definition) is 4. The fourth-order valence-electron chi connectivity index (χ4n) is 2.23. The van der Waals surface area contributed by atoms with Gasteiger partial charge in [0.15, 0.2) is 5.15 Å². The van der Waals surface area contributed by atoms with Crippen molar-refractivity contribution in [2.45, 2.75) is 38.2 Å². The lowest BCUT2D eigenvalue weighted by molar-refractivity contribution is 0.0620. The molecule has 0 bridgehead atoms. The van der Waals surface area contributed by atoms with E-state index in [0.29, 0.717) is 10.8 Å². The minimum Gasteiger partial charge on any atom is -0.383 e. The molecule has 0 aliphatic carbocycles. The predicted octanol–water partition coefficient (Wildman–Crippen LogP) is 1.99. The fourth-order valence-corrected chi connectivity index (χ4v) is 2.49. The van der Waals surface area contributed by atoms with Crippen LogP contribution in [0.2, 0.25) is 5.15 Å². The summed E-state index contributed by atoms with van der Waals surface area (Å²) in [7, 11) is 0. The van der Waals surface area contributed by atoms with Gasteiger partial charge in [0.1, 0.15) is 5.60 Å². The maximum absolute atomic E-state index is 10.2. The van der Waals surface area contributed by atoms with Crippen molar-refractivity contribution in [3.05, 3.63) is 22.5 Å². The number of pyridine rings is 1. The number of nitrogens with one attached hydrogen (secondary N) is 1. The molecule has 2 rings (SSSR count). The zero-order chi connectivity index (χ0) is 13.6. The van der Waals surface area contributed by atoms with Gasteiger partial charge in [-0.25, -0.2) is 4.98 Å². The average Bonchev–Trinajstić information content (AvgIpc) is 2.29. The maximum Gasteiger partial charge on any atom is 0.152 e. The second-order valence-electron chi connectivity index (χ2n) is 5.76. The second kappa shape index (κ2) is 4.37. The number of fused-ring (bicyclic) bond motifs is 1. The highest BCUT2D eigenvalue weighted by molar-refractivity contribution is 6.32. The molecule has 100 valence electrons. The van der Waals surface area contributed by atoms with Crippen LogP contribution in [-0.2, 0) is 11.0 Å². The molecule has 1 aromatic rings. The monoisotopic (exact) mass is 269 g/mol. The van der Waals surface area contributed by atoms with Crippen molar-refractivity contribution >= 4 is 17.3 Å². The van der Waals surface area contributed by atoms with Crippen LogP contribution in [0.1, 0.15) is 38.4 Å². The molecule has 1 aliphatic heterocycles. The highest BCUT2D eigenvalue weighted by Crippen LogP contribution is 2.41. The van der Waals surface area contributed by atoms with Crippen LogP contribution in [0.5, 0.6) is 0 Å². The van der Waals surface area contributed by atoms with Crippen LogP contribution in [0.4, 0.5) is 5.69 Å². The topological polar surface area (TPSA) is 71.2 Å². The van der Waals surface area contributed by atoms with Crippen molar-refractivity contribution in [3.8, 4) is 0 Å². The van der Waals surface area contributed by atoms with Crippen molar-refractivity contribution in [2.24, 2.45) is 5.73 Å². The Morgan fingerprint density at radius 1 is 1.61 bits per heavy atom. The Kier molecular flexibility index (Phi) is 3.30. The molecule has 0 radical (unpaired) electrons. The lowest BCUT2D eigenvalue weighted by Crippen LogP contribution is -2.34. The number of anilines is 1. The molecule has 0 spiro atoms. The summed E-state index contributed by atoms with van der Waals surface area (Å²) in [4.78, 5) is 4.27. The zero-order valence-corrected chi connectivity index (χ0v) is 11.8. The smallest absolute Gasteiger partial charge is 0.152 e. The Hall–Kier alpha value is -0.840. The number of hydrogen-bond donors (Lipinski definition) is 3. The predicted molar refractivity (Wildman–Crippen MR) is 74.0 cm³/mol. The van der Waals surface area contributed by atoms with Crippen LogP contribution in [-0.4, -0.2) is 23.2 Å². The summed E-state index contributed by atoms with van der Waals surface area (Å²) >= 11 is 6.21. The summed E-state index contributed by atoms with van der Waals surface area (Å²) in [5, 5.41) is 13.9. The van der Waals surface area contributed by atoms with Gasteiger partial charge >= 0.3 is 0 Å². The third-order valence-corrected chi connectivity index (χ3v) is 3.98. The highest BCUT2D eigenvalue weighted by Gasteiger charge is 2.33. The van der Waals surface area contributed by atoms with E-state index in [4.69, 9.17) is 17.3 Å². The molecule has 0 saturated carbocycles. The number of nitrogens with two attached hydrogens (primary N) is 1. The molecular weight excluding hydrogens is 250 g/mol. The number of halogens is 1. The first kappa shape index (κ1) is 13.6. The van der Waals surface area contributed by atoms with Crippen molar-refractivity contribution in [3.63, 3.8) is 0 Å². The molecule has 5 heteroatoms. The van der Waals surface area contributed by atoms with Gasteiger partial charge in [-0.05, 0) is 30.4 Å². The number of rotatable bonds is 2. The SMILES string of the molecule is CC1(C)CCNc2c1cc(C(C)(O)CN)nc2Cl. The van der Waals surface area contributed by atoms with Gasteiger partial charge in [0.05, 0.1) is 11.4 Å². The van der Waals surface area contributed by atoms with Gasteiger partial charge in [0.25, 0.3) is 0 Å². The van der Waals surface area contributed by atoms with Crippen molar-refractivity contribution in [2.75, 3.05) is 18.4 Å². The first-order valence-electron chi connectivity index (χ1n) is 6.16. The van der Waals surface area contributed by atoms with E-state index in [2.05, 4.69) is 24.1 Å². The van der Waals surface area contributed by atoms with Gasteiger partial charge in [0.2, 0.25) is 0 Å². The summed E-state index contributed by atoms with van der Waals surface area (Å²) in [6, 6.07) is 1.92. The largest absolute Gasteiger partial charge is 0.383 e. The number of nitrogens with zero attached hydrogens (tertiary/aromatic N) is 1. The number of aliphatic hydroxyl groups is 1. The molecule has 1 aromatic heterocycles. The van der Waals surface area contributed by atoms with Crippen molar-refractivity contribution in [1.82, 2.24) is 4.98 Å². The van der Waals surface area contributed by atoms with E-state index in [1.165, 1.54) is 0 Å². The Morgan fingerprint density at radius 3 is 2.89 bits per heavy atom. The van der Waals surface area contributed by atoms with Crippen LogP contribution in [0.3, 0.4) is 0 Å². The van der Waals surface area contributed by atoms with E-state index in [1.807, 2.05) is 6.07 Å². The van der Waals surface area contributed by atoms with Gasteiger partial charge < -0.3 is 16.2 Å². The van der Waals surface area contributed by atoms with Crippen LogP contribution in [0.25, 0.3) is 0 Å². The second-order valence-corrected chi connectivity index (χ2v) is 6.12. The molecule has 1 unspecified atom stereocenters. The molecule has 0 fully saturated rings. The molecule has 18 heavy (non-hydrogen) atoms. The van der Waals surface area contributed by atoms with Gasteiger partial charge in [-0.1, -0.05) is 25.4 Å². The molecule has 1 atom stereocenters. The lowest BCUT2D eigenvalue weighted by Gasteiger charge is -2.35. The van der Waals surface area contributed by atoms with Gasteiger partial charge in [-0.15, -0.1) is 0 Å². The fraction of sp³-hybridized carbons (Fsp3) is 0.615. The summed E-state index contributed by atoms with van der Waals surface area (Å²) in [6.07, 6.45) is 1.02. The van der Waals surface area contributed by atoms with Crippen LogP contribution >= 0.6 is 11.6 Å². The van der Waals surface area contributed by atoms with E-state index < -0.39 is 5.60 Å².